The van der Waals surface area contributed by atoms with Gasteiger partial charge in [-0.05, 0) is 24.0 Å². The van der Waals surface area contributed by atoms with Gasteiger partial charge in [0.05, 0.1) is 5.69 Å². The summed E-state index contributed by atoms with van der Waals surface area (Å²) in [6, 6.07) is 9.07. The Morgan fingerprint density at radius 2 is 1.68 bits per heavy atom. The van der Waals surface area contributed by atoms with Crippen LogP contribution in [0.15, 0.2) is 30.5 Å². The molecule has 0 spiro atoms. The van der Waals surface area contributed by atoms with Crippen LogP contribution in [-0.2, 0) is 25.9 Å². The first-order valence-corrected chi connectivity index (χ1v) is 6.77. The maximum Gasteiger partial charge on any atom is 0.223 e. The van der Waals surface area contributed by atoms with E-state index in [2.05, 4.69) is 44.9 Å². The topological polar surface area (TPSA) is 81.3 Å². The molecule has 1 aliphatic heterocycles. The van der Waals surface area contributed by atoms with Crippen LogP contribution in [0, 0.1) is 0 Å². The third-order valence-corrected chi connectivity index (χ3v) is 3.95. The first-order valence-electron chi connectivity index (χ1n) is 6.77. The standard InChI is InChI=1S/C15H16N4.2ClH.H2O/c1-2-4-11-6-13(5-10(11)3-1)18-15-17-8-12-7-16-9-14(12)19-15;;;/h1-4,8,13,16H,5-7,9H2,(H,17,18,19);2*1H;1H2. The lowest BCUT2D eigenvalue weighted by Gasteiger charge is -2.12. The Bertz CT molecular complexity index is 614. The van der Waals surface area contributed by atoms with Gasteiger partial charge < -0.3 is 16.1 Å². The molecule has 2 aromatic rings. The Morgan fingerprint density at radius 1 is 1.00 bits per heavy atom. The third-order valence-electron chi connectivity index (χ3n) is 3.95. The average molecular weight is 343 g/mol. The summed E-state index contributed by atoms with van der Waals surface area (Å²) >= 11 is 0. The SMILES string of the molecule is Cl.Cl.O.c1ccc2c(c1)CC(Nc1ncc3c(n1)CNC3)C2. The van der Waals surface area contributed by atoms with Crippen molar-refractivity contribution in [1.82, 2.24) is 15.3 Å². The van der Waals surface area contributed by atoms with Gasteiger partial charge in [-0.3, -0.25) is 0 Å². The summed E-state index contributed by atoms with van der Waals surface area (Å²) in [5.74, 6) is 0.764. The van der Waals surface area contributed by atoms with E-state index in [1.54, 1.807) is 0 Å². The van der Waals surface area contributed by atoms with Crippen LogP contribution in [-0.4, -0.2) is 21.5 Å². The number of nitrogens with zero attached hydrogens (tertiary/aromatic N) is 2. The van der Waals surface area contributed by atoms with E-state index in [0.29, 0.717) is 6.04 Å². The van der Waals surface area contributed by atoms with E-state index in [0.717, 1.165) is 37.6 Å². The Balaban J connectivity index is 0.000000807. The number of fused-ring (bicyclic) bond motifs is 2. The largest absolute Gasteiger partial charge is 0.412 e. The molecule has 1 aliphatic carbocycles. The summed E-state index contributed by atoms with van der Waals surface area (Å²) in [5, 5.41) is 6.76. The number of benzene rings is 1. The summed E-state index contributed by atoms with van der Waals surface area (Å²) in [4.78, 5) is 9.01. The number of anilines is 1. The fourth-order valence-corrected chi connectivity index (χ4v) is 2.97. The molecule has 4 N–H and O–H groups in total. The van der Waals surface area contributed by atoms with E-state index in [4.69, 9.17) is 0 Å². The Morgan fingerprint density at radius 3 is 2.36 bits per heavy atom. The van der Waals surface area contributed by atoms with Crippen molar-refractivity contribution < 1.29 is 5.48 Å². The molecular weight excluding hydrogens is 323 g/mol. The smallest absolute Gasteiger partial charge is 0.223 e. The van der Waals surface area contributed by atoms with Crippen molar-refractivity contribution >= 4 is 30.8 Å². The zero-order chi connectivity index (χ0) is 12.7. The van der Waals surface area contributed by atoms with Crippen LogP contribution >= 0.6 is 24.8 Å². The lowest BCUT2D eigenvalue weighted by Crippen LogP contribution is -2.21. The van der Waals surface area contributed by atoms with Crippen molar-refractivity contribution in [1.29, 1.82) is 0 Å². The molecule has 0 saturated carbocycles. The number of rotatable bonds is 2. The molecule has 1 aromatic heterocycles. The van der Waals surface area contributed by atoms with Crippen LogP contribution in [0.5, 0.6) is 0 Å². The second-order valence-electron chi connectivity index (χ2n) is 5.29. The molecule has 120 valence electrons. The van der Waals surface area contributed by atoms with Crippen molar-refractivity contribution in [2.45, 2.75) is 32.0 Å². The molecule has 1 aromatic carbocycles. The molecule has 0 unspecified atom stereocenters. The monoisotopic (exact) mass is 342 g/mol. The summed E-state index contributed by atoms with van der Waals surface area (Å²) in [6.07, 6.45) is 4.07. The summed E-state index contributed by atoms with van der Waals surface area (Å²) in [5.41, 5.74) is 5.25. The zero-order valence-corrected chi connectivity index (χ0v) is 13.6. The van der Waals surface area contributed by atoms with Crippen molar-refractivity contribution in [2.24, 2.45) is 0 Å². The van der Waals surface area contributed by atoms with Crippen LogP contribution in [0.2, 0.25) is 0 Å². The molecular formula is C15H20Cl2N4O. The molecule has 0 radical (unpaired) electrons. The van der Waals surface area contributed by atoms with Crippen molar-refractivity contribution in [3.05, 3.63) is 52.8 Å². The second-order valence-corrected chi connectivity index (χ2v) is 5.29. The Hall–Kier alpha value is -1.40. The van der Waals surface area contributed by atoms with E-state index in [1.807, 2.05) is 6.20 Å². The van der Waals surface area contributed by atoms with Crippen molar-refractivity contribution in [3.8, 4) is 0 Å². The number of aromatic nitrogens is 2. The van der Waals surface area contributed by atoms with Crippen molar-refractivity contribution in [2.75, 3.05) is 5.32 Å². The van der Waals surface area contributed by atoms with Gasteiger partial charge in [0, 0.05) is 30.9 Å². The van der Waals surface area contributed by atoms with Crippen LogP contribution in [0.3, 0.4) is 0 Å². The number of nitrogens with one attached hydrogen (secondary N) is 2. The van der Waals surface area contributed by atoms with Crippen LogP contribution < -0.4 is 10.6 Å². The average Bonchev–Trinajstić information content (AvgIpc) is 3.03. The first kappa shape index (κ1) is 18.6. The molecule has 4 rings (SSSR count). The molecule has 0 bridgehead atoms. The molecule has 2 aliphatic rings. The van der Waals surface area contributed by atoms with Crippen LogP contribution in [0.1, 0.15) is 22.4 Å². The van der Waals surface area contributed by atoms with E-state index in [-0.39, 0.29) is 30.3 Å². The molecule has 2 heterocycles. The minimum absolute atomic E-state index is 0. The van der Waals surface area contributed by atoms with Crippen molar-refractivity contribution in [3.63, 3.8) is 0 Å². The maximum absolute atomic E-state index is 4.59. The number of hydrogen-bond acceptors (Lipinski definition) is 4. The van der Waals surface area contributed by atoms with E-state index in [1.165, 1.54) is 16.7 Å². The highest BCUT2D eigenvalue weighted by atomic mass is 35.5. The van der Waals surface area contributed by atoms with Gasteiger partial charge in [0.1, 0.15) is 0 Å². The fourth-order valence-electron chi connectivity index (χ4n) is 2.97. The van der Waals surface area contributed by atoms with Gasteiger partial charge in [-0.1, -0.05) is 24.3 Å². The molecule has 0 atom stereocenters. The van der Waals surface area contributed by atoms with Crippen LogP contribution in [0.25, 0.3) is 0 Å². The number of halogens is 2. The summed E-state index contributed by atoms with van der Waals surface area (Å²) < 4.78 is 0. The molecule has 22 heavy (non-hydrogen) atoms. The first-order chi connectivity index (χ1) is 9.38. The van der Waals surface area contributed by atoms with Crippen LogP contribution in [0.4, 0.5) is 5.95 Å². The van der Waals surface area contributed by atoms with Gasteiger partial charge >= 0.3 is 0 Å². The van der Waals surface area contributed by atoms with E-state index < -0.39 is 0 Å². The second kappa shape index (κ2) is 7.74. The van der Waals surface area contributed by atoms with Gasteiger partial charge in [0.25, 0.3) is 0 Å². The molecule has 0 saturated heterocycles. The van der Waals surface area contributed by atoms with Gasteiger partial charge in [-0.15, -0.1) is 24.8 Å². The lowest BCUT2D eigenvalue weighted by atomic mass is 10.1. The highest BCUT2D eigenvalue weighted by Gasteiger charge is 2.22. The summed E-state index contributed by atoms with van der Waals surface area (Å²) in [6.45, 7) is 1.75. The normalized spacial score (nSPS) is 14.9. The Kier molecular flexibility index (Phi) is 6.56. The van der Waals surface area contributed by atoms with E-state index >= 15 is 0 Å². The lowest BCUT2D eigenvalue weighted by molar-refractivity contribution is 0.750. The highest BCUT2D eigenvalue weighted by molar-refractivity contribution is 5.85. The fraction of sp³-hybridized carbons (Fsp3) is 0.333. The molecule has 0 amide bonds. The molecule has 7 heteroatoms. The van der Waals surface area contributed by atoms with Gasteiger partial charge in [-0.25, -0.2) is 9.97 Å². The minimum Gasteiger partial charge on any atom is -0.412 e. The molecule has 0 fully saturated rings. The molecule has 5 nitrogen and oxygen atoms in total. The predicted molar refractivity (Wildman–Crippen MR) is 91.9 cm³/mol. The summed E-state index contributed by atoms with van der Waals surface area (Å²) in [7, 11) is 0. The maximum atomic E-state index is 4.59. The Labute approximate surface area is 142 Å². The quantitative estimate of drug-likeness (QED) is 0.869. The highest BCUT2D eigenvalue weighted by Crippen LogP contribution is 2.24. The van der Waals surface area contributed by atoms with E-state index in [9.17, 15) is 0 Å². The number of hydrogen-bond donors (Lipinski definition) is 2. The minimum atomic E-state index is 0. The van der Waals surface area contributed by atoms with Gasteiger partial charge in [0.2, 0.25) is 5.95 Å². The zero-order valence-electron chi connectivity index (χ0n) is 12.0. The van der Waals surface area contributed by atoms with Gasteiger partial charge in [0.15, 0.2) is 0 Å². The van der Waals surface area contributed by atoms with Gasteiger partial charge in [-0.2, -0.15) is 0 Å². The third kappa shape index (κ3) is 3.50. The predicted octanol–water partition coefficient (Wildman–Crippen LogP) is 1.68.